The number of amides is 2. The summed E-state index contributed by atoms with van der Waals surface area (Å²) in [5.41, 5.74) is 0.604. The van der Waals surface area contributed by atoms with Crippen LogP contribution in [0, 0.1) is 0 Å². The summed E-state index contributed by atoms with van der Waals surface area (Å²) < 4.78 is 0. The van der Waals surface area contributed by atoms with Crippen molar-refractivity contribution in [1.29, 1.82) is 0 Å². The zero-order valence-electron chi connectivity index (χ0n) is 20.8. The first-order valence-electron chi connectivity index (χ1n) is 12.5. The van der Waals surface area contributed by atoms with Gasteiger partial charge in [-0.2, -0.15) is 0 Å². The van der Waals surface area contributed by atoms with Crippen molar-refractivity contribution in [3.05, 3.63) is 48.3 Å². The van der Waals surface area contributed by atoms with Gasteiger partial charge < -0.3 is 0 Å². The van der Waals surface area contributed by atoms with Crippen LogP contribution in [0.5, 0.6) is 0 Å². The molecular weight excluding hydrogens is 398 g/mol. The molecule has 178 valence electrons. The van der Waals surface area contributed by atoms with E-state index in [-0.39, 0.29) is 18.0 Å². The molecule has 0 fully saturated rings. The van der Waals surface area contributed by atoms with E-state index in [4.69, 9.17) is 0 Å². The van der Waals surface area contributed by atoms with Crippen molar-refractivity contribution in [2.24, 2.45) is 0 Å². The van der Waals surface area contributed by atoms with Crippen LogP contribution >= 0.6 is 0 Å². The van der Waals surface area contributed by atoms with E-state index >= 15 is 0 Å². The second kappa shape index (κ2) is 12.7. The summed E-state index contributed by atoms with van der Waals surface area (Å²) in [7, 11) is 0. The van der Waals surface area contributed by atoms with Crippen LogP contribution in [0.4, 0.5) is 0 Å². The van der Waals surface area contributed by atoms with Gasteiger partial charge in [-0.1, -0.05) is 82.7 Å². The number of carbonyl (C=O) groups is 2. The lowest BCUT2D eigenvalue weighted by Gasteiger charge is -2.46. The minimum absolute atomic E-state index is 0.108. The fraction of sp³-hybridized carbons (Fsp3) is 0.630. The number of rotatable bonds is 12. The van der Waals surface area contributed by atoms with E-state index in [0.717, 1.165) is 56.9 Å². The first-order valence-corrected chi connectivity index (χ1v) is 12.5. The molecule has 2 rings (SSSR count). The van der Waals surface area contributed by atoms with Crippen molar-refractivity contribution in [1.82, 2.24) is 14.9 Å². The Balaban J connectivity index is 2.26. The number of nitrogens with zero attached hydrogens (tertiary/aromatic N) is 3. The molecule has 0 aromatic heterocycles. The Bertz CT molecular complexity index is 739. The van der Waals surface area contributed by atoms with Crippen LogP contribution in [0.3, 0.4) is 0 Å². The van der Waals surface area contributed by atoms with Crippen molar-refractivity contribution >= 4 is 11.8 Å². The van der Waals surface area contributed by atoms with Crippen molar-refractivity contribution < 1.29 is 9.59 Å². The summed E-state index contributed by atoms with van der Waals surface area (Å²) in [6.45, 7) is 10.5. The van der Waals surface area contributed by atoms with Crippen molar-refractivity contribution in [3.63, 3.8) is 0 Å². The fourth-order valence-corrected chi connectivity index (χ4v) is 4.26. The number of benzene rings is 1. The van der Waals surface area contributed by atoms with Gasteiger partial charge in [0.05, 0.1) is 5.54 Å². The second-order valence-electron chi connectivity index (χ2n) is 9.76. The van der Waals surface area contributed by atoms with Gasteiger partial charge in [0.2, 0.25) is 11.8 Å². The molecule has 1 atom stereocenters. The van der Waals surface area contributed by atoms with Crippen LogP contribution in [0.15, 0.2) is 42.7 Å². The molecule has 0 saturated carbocycles. The first kappa shape index (κ1) is 26.0. The first-order chi connectivity index (χ1) is 15.3. The monoisotopic (exact) mass is 441 g/mol. The van der Waals surface area contributed by atoms with E-state index in [0.29, 0.717) is 12.8 Å². The average molecular weight is 442 g/mol. The molecule has 1 aliphatic heterocycles. The summed E-state index contributed by atoms with van der Waals surface area (Å²) in [5.74, 6) is 0.217. The normalized spacial score (nSPS) is 16.0. The molecule has 0 N–H and O–H groups in total. The summed E-state index contributed by atoms with van der Waals surface area (Å²) in [6, 6.07) is 10.0. The van der Waals surface area contributed by atoms with E-state index in [2.05, 4.69) is 34.6 Å². The number of unbranched alkanes of at least 4 members (excludes halogenated alkanes) is 6. The van der Waals surface area contributed by atoms with Gasteiger partial charge in [0.25, 0.3) is 0 Å². The Kier molecular flexibility index (Phi) is 10.3. The number of carbonyl (C=O) groups excluding carboxylic acids is 2. The molecule has 0 aliphatic carbocycles. The minimum Gasteiger partial charge on any atom is -0.291 e. The van der Waals surface area contributed by atoms with E-state index in [9.17, 15) is 9.59 Å². The van der Waals surface area contributed by atoms with Crippen LogP contribution in [0.25, 0.3) is 0 Å². The predicted octanol–water partition coefficient (Wildman–Crippen LogP) is 6.78. The third-order valence-corrected chi connectivity index (χ3v) is 5.87. The molecular formula is C27H43N3O2. The Labute approximate surface area is 195 Å². The molecule has 5 nitrogen and oxygen atoms in total. The maximum absolute atomic E-state index is 13.4. The maximum atomic E-state index is 13.4. The lowest BCUT2D eigenvalue weighted by Crippen LogP contribution is -2.55. The van der Waals surface area contributed by atoms with Gasteiger partial charge in [-0.3, -0.25) is 19.5 Å². The Morgan fingerprint density at radius 3 is 2.00 bits per heavy atom. The van der Waals surface area contributed by atoms with Gasteiger partial charge in [-0.25, -0.2) is 5.01 Å². The third kappa shape index (κ3) is 7.11. The van der Waals surface area contributed by atoms with Gasteiger partial charge >= 0.3 is 0 Å². The fourth-order valence-electron chi connectivity index (χ4n) is 4.26. The lowest BCUT2D eigenvalue weighted by atomic mass is 10.1. The van der Waals surface area contributed by atoms with E-state index in [1.165, 1.54) is 0 Å². The van der Waals surface area contributed by atoms with Gasteiger partial charge in [0, 0.05) is 25.2 Å². The predicted molar refractivity (Wildman–Crippen MR) is 131 cm³/mol. The van der Waals surface area contributed by atoms with Crippen molar-refractivity contribution in [2.45, 2.75) is 111 Å². The molecule has 1 unspecified atom stereocenters. The van der Waals surface area contributed by atoms with Gasteiger partial charge in [-0.15, -0.1) is 0 Å². The van der Waals surface area contributed by atoms with E-state index < -0.39 is 5.54 Å². The molecule has 0 bridgehead atoms. The van der Waals surface area contributed by atoms with E-state index in [1.807, 2.05) is 57.6 Å². The van der Waals surface area contributed by atoms with Crippen molar-refractivity contribution in [3.8, 4) is 0 Å². The summed E-state index contributed by atoms with van der Waals surface area (Å²) in [6.07, 6.45) is 13.0. The molecule has 0 saturated heterocycles. The van der Waals surface area contributed by atoms with Crippen LogP contribution < -0.4 is 0 Å². The molecule has 5 heteroatoms. The molecule has 0 radical (unpaired) electrons. The number of hydrogen-bond acceptors (Lipinski definition) is 3. The number of hydrazine groups is 1. The zero-order valence-corrected chi connectivity index (χ0v) is 20.8. The molecule has 1 aliphatic rings. The molecule has 1 aromatic carbocycles. The minimum atomic E-state index is -0.403. The van der Waals surface area contributed by atoms with E-state index in [1.54, 1.807) is 0 Å². The smallest absolute Gasteiger partial charge is 0.241 e. The zero-order chi connectivity index (χ0) is 23.6. The Morgan fingerprint density at radius 1 is 0.844 bits per heavy atom. The molecule has 32 heavy (non-hydrogen) atoms. The molecule has 1 heterocycles. The third-order valence-electron chi connectivity index (χ3n) is 5.87. The van der Waals surface area contributed by atoms with Gasteiger partial charge in [0.1, 0.15) is 0 Å². The van der Waals surface area contributed by atoms with Gasteiger partial charge in [0.15, 0.2) is 6.17 Å². The topological polar surface area (TPSA) is 43.9 Å². The highest BCUT2D eigenvalue weighted by Gasteiger charge is 2.40. The van der Waals surface area contributed by atoms with Crippen LogP contribution in [0.2, 0.25) is 0 Å². The largest absolute Gasteiger partial charge is 0.291 e. The maximum Gasteiger partial charge on any atom is 0.241 e. The Hall–Kier alpha value is -2.30. The summed E-state index contributed by atoms with van der Waals surface area (Å²) in [5, 5.41) is 3.83. The SMILES string of the molecule is CCCCCCC(=O)N1C=CN(N(C(=O)CCCCCC)C(C)(C)C)C1c1ccccc1. The highest BCUT2D eigenvalue weighted by molar-refractivity contribution is 5.79. The highest BCUT2D eigenvalue weighted by atomic mass is 16.2. The molecule has 1 aromatic rings. The highest BCUT2D eigenvalue weighted by Crippen LogP contribution is 2.36. The van der Waals surface area contributed by atoms with Crippen LogP contribution in [-0.4, -0.2) is 32.3 Å². The van der Waals surface area contributed by atoms with Crippen LogP contribution in [-0.2, 0) is 9.59 Å². The molecule has 0 spiro atoms. The molecule has 2 amide bonds. The van der Waals surface area contributed by atoms with Gasteiger partial charge in [-0.05, 0) is 39.2 Å². The summed E-state index contributed by atoms with van der Waals surface area (Å²) in [4.78, 5) is 28.4. The summed E-state index contributed by atoms with van der Waals surface area (Å²) >= 11 is 0. The quantitative estimate of drug-likeness (QED) is 0.336. The number of hydrogen-bond donors (Lipinski definition) is 0. The van der Waals surface area contributed by atoms with Crippen LogP contribution in [0.1, 0.15) is 111 Å². The Morgan fingerprint density at radius 2 is 1.44 bits per heavy atom. The second-order valence-corrected chi connectivity index (χ2v) is 9.76. The lowest BCUT2D eigenvalue weighted by molar-refractivity contribution is -0.168. The van der Waals surface area contributed by atoms with Crippen molar-refractivity contribution in [2.75, 3.05) is 0 Å². The average Bonchev–Trinajstić information content (AvgIpc) is 3.18. The standard InChI is InChI=1S/C27H43N3O2/c1-6-8-10-15-19-24(31)28-21-22-29(26(28)23-17-13-12-14-18-23)30(27(3,4)5)25(32)20-16-11-9-7-2/h12-14,17-18,21-22,26H,6-11,15-16,19-20H2,1-5H3.